The first-order valence-electron chi connectivity index (χ1n) is 5.55. The van der Waals surface area contributed by atoms with Crippen molar-refractivity contribution in [2.45, 2.75) is 33.1 Å². The molecular formula is C12H15N3OS. The Bertz CT molecular complexity index is 571. The zero-order valence-corrected chi connectivity index (χ0v) is 11.0. The van der Waals surface area contributed by atoms with Crippen molar-refractivity contribution in [3.63, 3.8) is 0 Å². The van der Waals surface area contributed by atoms with Crippen molar-refractivity contribution in [3.05, 3.63) is 44.0 Å². The summed E-state index contributed by atoms with van der Waals surface area (Å²) in [6.07, 6.45) is 0.592. The first-order chi connectivity index (χ1) is 8.04. The average molecular weight is 249 g/mol. The molecule has 17 heavy (non-hydrogen) atoms. The molecular weight excluding hydrogens is 234 g/mol. The fraction of sp³-hybridized carbons (Fsp3) is 0.417. The van der Waals surface area contributed by atoms with Gasteiger partial charge < -0.3 is 4.98 Å². The molecule has 1 N–H and O–H groups in total. The van der Waals surface area contributed by atoms with E-state index >= 15 is 0 Å². The van der Waals surface area contributed by atoms with Crippen LogP contribution >= 0.6 is 11.3 Å². The molecule has 2 heterocycles. The van der Waals surface area contributed by atoms with E-state index in [1.165, 1.54) is 0 Å². The number of rotatable bonds is 3. The Morgan fingerprint density at radius 2 is 2.18 bits per heavy atom. The molecule has 0 saturated carbocycles. The fourth-order valence-corrected chi connectivity index (χ4v) is 2.31. The second kappa shape index (κ2) is 4.79. The van der Waals surface area contributed by atoms with Gasteiger partial charge in [0.2, 0.25) is 0 Å². The standard InChI is InChI=1S/C12H15N3OS/c1-7(2)9-4-11(16)15-10(14-9)5-12-13-8(3)6-17-12/h4,6-7H,5H2,1-3H3,(H,14,15,16). The molecule has 2 rings (SSSR count). The smallest absolute Gasteiger partial charge is 0.251 e. The van der Waals surface area contributed by atoms with Crippen LogP contribution in [0, 0.1) is 6.92 Å². The van der Waals surface area contributed by atoms with E-state index in [1.54, 1.807) is 17.4 Å². The van der Waals surface area contributed by atoms with E-state index in [4.69, 9.17) is 0 Å². The maximum atomic E-state index is 11.5. The van der Waals surface area contributed by atoms with Crippen LogP contribution in [0.25, 0.3) is 0 Å². The van der Waals surface area contributed by atoms with Gasteiger partial charge in [-0.05, 0) is 12.8 Å². The molecule has 2 aromatic rings. The zero-order valence-electron chi connectivity index (χ0n) is 10.2. The predicted molar refractivity (Wildman–Crippen MR) is 68.6 cm³/mol. The molecule has 0 aliphatic carbocycles. The summed E-state index contributed by atoms with van der Waals surface area (Å²) in [6.45, 7) is 6.01. The van der Waals surface area contributed by atoms with Gasteiger partial charge in [0.25, 0.3) is 5.56 Å². The Morgan fingerprint density at radius 1 is 1.41 bits per heavy atom. The first kappa shape index (κ1) is 12.0. The number of nitrogens with one attached hydrogen (secondary N) is 1. The molecule has 0 aliphatic rings. The number of aromatic nitrogens is 3. The highest BCUT2D eigenvalue weighted by Gasteiger charge is 2.07. The molecule has 0 aromatic carbocycles. The minimum absolute atomic E-state index is 0.0908. The summed E-state index contributed by atoms with van der Waals surface area (Å²) < 4.78 is 0. The van der Waals surface area contributed by atoms with Gasteiger partial charge in [0.05, 0.1) is 12.1 Å². The first-order valence-corrected chi connectivity index (χ1v) is 6.43. The normalized spacial score (nSPS) is 11.1. The minimum Gasteiger partial charge on any atom is -0.310 e. The summed E-state index contributed by atoms with van der Waals surface area (Å²) in [7, 11) is 0. The quantitative estimate of drug-likeness (QED) is 0.907. The Balaban J connectivity index is 2.29. The van der Waals surface area contributed by atoms with Crippen LogP contribution in [0.3, 0.4) is 0 Å². The van der Waals surface area contributed by atoms with E-state index in [0.717, 1.165) is 16.4 Å². The lowest BCUT2D eigenvalue weighted by atomic mass is 10.1. The van der Waals surface area contributed by atoms with E-state index in [1.807, 2.05) is 26.2 Å². The highest BCUT2D eigenvalue weighted by molar-refractivity contribution is 7.09. The van der Waals surface area contributed by atoms with Gasteiger partial charge in [0, 0.05) is 17.1 Å². The topological polar surface area (TPSA) is 58.6 Å². The lowest BCUT2D eigenvalue weighted by Gasteiger charge is -2.05. The molecule has 0 bridgehead atoms. The maximum absolute atomic E-state index is 11.5. The van der Waals surface area contributed by atoms with E-state index < -0.39 is 0 Å². The van der Waals surface area contributed by atoms with Crippen molar-refractivity contribution in [3.8, 4) is 0 Å². The second-order valence-electron chi connectivity index (χ2n) is 4.33. The third kappa shape index (κ3) is 3.00. The summed E-state index contributed by atoms with van der Waals surface area (Å²) in [4.78, 5) is 23.1. The van der Waals surface area contributed by atoms with Crippen molar-refractivity contribution in [2.24, 2.45) is 0 Å². The number of aromatic amines is 1. The van der Waals surface area contributed by atoms with Gasteiger partial charge in [-0.15, -0.1) is 11.3 Å². The lowest BCUT2D eigenvalue weighted by Crippen LogP contribution is -2.13. The molecule has 0 radical (unpaired) electrons. The molecule has 0 amide bonds. The number of hydrogen-bond acceptors (Lipinski definition) is 4. The van der Waals surface area contributed by atoms with Crippen LogP contribution in [-0.2, 0) is 6.42 Å². The van der Waals surface area contributed by atoms with Crippen LogP contribution in [0.15, 0.2) is 16.2 Å². The highest BCUT2D eigenvalue weighted by Crippen LogP contribution is 2.13. The monoisotopic (exact) mass is 249 g/mol. The van der Waals surface area contributed by atoms with E-state index in [9.17, 15) is 4.79 Å². The van der Waals surface area contributed by atoms with Crippen molar-refractivity contribution in [1.29, 1.82) is 0 Å². The predicted octanol–water partition coefficient (Wildman–Crippen LogP) is 2.25. The molecule has 0 unspecified atom stereocenters. The molecule has 0 saturated heterocycles. The summed E-state index contributed by atoms with van der Waals surface area (Å²) in [5, 5.41) is 2.98. The maximum Gasteiger partial charge on any atom is 0.251 e. The van der Waals surface area contributed by atoms with Crippen LogP contribution in [-0.4, -0.2) is 15.0 Å². The third-order valence-corrected chi connectivity index (χ3v) is 3.35. The Labute approximate surface area is 104 Å². The minimum atomic E-state index is -0.0908. The fourth-order valence-electron chi connectivity index (χ4n) is 1.54. The van der Waals surface area contributed by atoms with E-state index in [0.29, 0.717) is 12.2 Å². The summed E-state index contributed by atoms with van der Waals surface area (Å²) in [5.41, 5.74) is 1.75. The SMILES string of the molecule is Cc1csc(Cc2nc(C(C)C)cc(=O)[nH]2)n1. The van der Waals surface area contributed by atoms with Crippen molar-refractivity contribution >= 4 is 11.3 Å². The molecule has 0 atom stereocenters. The Kier molecular flexibility index (Phi) is 3.38. The van der Waals surface area contributed by atoms with Gasteiger partial charge in [0.15, 0.2) is 0 Å². The lowest BCUT2D eigenvalue weighted by molar-refractivity contribution is 0.783. The molecule has 4 nitrogen and oxygen atoms in total. The second-order valence-corrected chi connectivity index (χ2v) is 5.27. The van der Waals surface area contributed by atoms with Gasteiger partial charge in [0.1, 0.15) is 10.8 Å². The van der Waals surface area contributed by atoms with Crippen LogP contribution in [0.2, 0.25) is 0 Å². The molecule has 5 heteroatoms. The highest BCUT2D eigenvalue weighted by atomic mass is 32.1. The van der Waals surface area contributed by atoms with Gasteiger partial charge in [-0.2, -0.15) is 0 Å². The van der Waals surface area contributed by atoms with Gasteiger partial charge in [-0.1, -0.05) is 13.8 Å². The number of aryl methyl sites for hydroxylation is 1. The van der Waals surface area contributed by atoms with Crippen molar-refractivity contribution in [2.75, 3.05) is 0 Å². The van der Waals surface area contributed by atoms with E-state index in [2.05, 4.69) is 15.0 Å². The van der Waals surface area contributed by atoms with Crippen LogP contribution in [0.4, 0.5) is 0 Å². The van der Waals surface area contributed by atoms with Crippen molar-refractivity contribution < 1.29 is 0 Å². The van der Waals surface area contributed by atoms with Crippen molar-refractivity contribution in [1.82, 2.24) is 15.0 Å². The summed E-state index contributed by atoms with van der Waals surface area (Å²) >= 11 is 1.59. The molecule has 90 valence electrons. The Hall–Kier alpha value is -1.49. The van der Waals surface area contributed by atoms with Gasteiger partial charge in [-0.3, -0.25) is 4.79 Å². The number of hydrogen-bond donors (Lipinski definition) is 1. The molecule has 0 spiro atoms. The van der Waals surface area contributed by atoms with Crippen LogP contribution in [0.1, 0.15) is 42.0 Å². The van der Waals surface area contributed by atoms with E-state index in [-0.39, 0.29) is 11.5 Å². The third-order valence-electron chi connectivity index (χ3n) is 2.39. The number of thiazole rings is 1. The summed E-state index contributed by atoms with van der Waals surface area (Å²) in [6, 6.07) is 1.56. The average Bonchev–Trinajstić information content (AvgIpc) is 2.63. The molecule has 2 aromatic heterocycles. The van der Waals surface area contributed by atoms with Gasteiger partial charge >= 0.3 is 0 Å². The van der Waals surface area contributed by atoms with Crippen LogP contribution < -0.4 is 5.56 Å². The van der Waals surface area contributed by atoms with Crippen LogP contribution in [0.5, 0.6) is 0 Å². The van der Waals surface area contributed by atoms with Gasteiger partial charge in [-0.25, -0.2) is 9.97 Å². The number of H-pyrrole nitrogens is 1. The number of nitrogens with zero attached hydrogens (tertiary/aromatic N) is 2. The zero-order chi connectivity index (χ0) is 12.4. The molecule has 0 fully saturated rings. The Morgan fingerprint density at radius 3 is 2.76 bits per heavy atom. The molecule has 0 aliphatic heterocycles. The summed E-state index contributed by atoms with van der Waals surface area (Å²) in [5.74, 6) is 0.949. The largest absolute Gasteiger partial charge is 0.310 e.